The van der Waals surface area contributed by atoms with Crippen molar-refractivity contribution in [3.63, 3.8) is 0 Å². The molecule has 3 aromatic rings. The highest BCUT2D eigenvalue weighted by atomic mass is 16.5. The van der Waals surface area contributed by atoms with Crippen LogP contribution < -0.4 is 9.47 Å². The topological polar surface area (TPSA) is 18.5 Å². The lowest BCUT2D eigenvalue weighted by atomic mass is 9.70. The zero-order valence-corrected chi connectivity index (χ0v) is 34.3. The summed E-state index contributed by atoms with van der Waals surface area (Å²) in [5.41, 5.74) is 10.9. The zero-order chi connectivity index (χ0) is 37.2. The Balaban J connectivity index is 1.69. The molecule has 4 rings (SSSR count). The summed E-state index contributed by atoms with van der Waals surface area (Å²) in [5, 5.41) is 0. The molecule has 52 heavy (non-hydrogen) atoms. The van der Waals surface area contributed by atoms with Crippen molar-refractivity contribution in [2.24, 2.45) is 5.92 Å². The molecule has 2 heteroatoms. The normalized spacial score (nSPS) is 13.9. The smallest absolute Gasteiger partial charge is 0.127 e. The monoisotopic (exact) mass is 705 g/mol. The number of allylic oxidation sites excluding steroid dienone is 1. The van der Waals surface area contributed by atoms with E-state index in [2.05, 4.69) is 114 Å². The second kappa shape index (κ2) is 22.1. The summed E-state index contributed by atoms with van der Waals surface area (Å²) >= 11 is 0. The third-order valence-electron chi connectivity index (χ3n) is 11.6. The molecular formula is C50H72O2. The first kappa shape index (κ1) is 41.5. The molecule has 1 atom stereocenters. The van der Waals surface area contributed by atoms with E-state index in [1.807, 2.05) is 0 Å². The second-order valence-corrected chi connectivity index (χ2v) is 15.7. The maximum atomic E-state index is 6.56. The largest absolute Gasteiger partial charge is 0.496 e. The second-order valence-electron chi connectivity index (χ2n) is 15.7. The predicted octanol–water partition coefficient (Wildman–Crippen LogP) is 15.6. The summed E-state index contributed by atoms with van der Waals surface area (Å²) in [6.07, 6.45) is 32.1. The molecule has 1 aliphatic carbocycles. The molecule has 0 fully saturated rings. The Kier molecular flexibility index (Phi) is 17.6. The molecule has 0 heterocycles. The molecule has 0 N–H and O–H groups in total. The first-order chi connectivity index (χ1) is 25.4. The highest BCUT2D eigenvalue weighted by molar-refractivity contribution is 5.84. The molecule has 284 valence electrons. The van der Waals surface area contributed by atoms with Crippen molar-refractivity contribution in [1.82, 2.24) is 0 Å². The van der Waals surface area contributed by atoms with Gasteiger partial charge in [0.05, 0.1) is 13.7 Å². The minimum absolute atomic E-state index is 0.0798. The molecular weight excluding hydrogens is 633 g/mol. The van der Waals surface area contributed by atoms with Crippen LogP contribution in [0.15, 0.2) is 54.6 Å². The Morgan fingerprint density at radius 2 is 1.19 bits per heavy atom. The van der Waals surface area contributed by atoms with Gasteiger partial charge in [0.2, 0.25) is 0 Å². The van der Waals surface area contributed by atoms with E-state index in [4.69, 9.17) is 9.47 Å². The van der Waals surface area contributed by atoms with Crippen LogP contribution in [0, 0.1) is 12.8 Å². The summed E-state index contributed by atoms with van der Waals surface area (Å²) in [6.45, 7) is 14.3. The molecule has 0 aliphatic heterocycles. The van der Waals surface area contributed by atoms with Gasteiger partial charge in [-0.1, -0.05) is 190 Å². The first-order valence-corrected chi connectivity index (χ1v) is 21.4. The first-order valence-electron chi connectivity index (χ1n) is 21.4. The van der Waals surface area contributed by atoms with Crippen LogP contribution in [0.3, 0.4) is 0 Å². The van der Waals surface area contributed by atoms with Gasteiger partial charge in [-0.05, 0) is 79.0 Å². The summed E-state index contributed by atoms with van der Waals surface area (Å²) in [5.74, 6) is 2.39. The van der Waals surface area contributed by atoms with E-state index in [1.165, 1.54) is 131 Å². The van der Waals surface area contributed by atoms with Crippen LogP contribution in [0.4, 0.5) is 0 Å². The average Bonchev–Trinajstić information content (AvgIpc) is 3.41. The van der Waals surface area contributed by atoms with Crippen molar-refractivity contribution >= 4 is 18.2 Å². The Hall–Kier alpha value is -3.26. The standard InChI is InChI=1S/C50H72O2/c1-8-13-16-18-20-22-32-50(33-23-21-19-17-14-9-2)46-34-39(6)26-30-44(46)45-31-28-41(35-47(45)50)27-29-43-37-49(42(24-11-4)36-48(43)51-7)52-38-40(12-5)25-15-10-3/h11,24,26-31,34-37,40H,8-10,12-23,25,32-33,38H2,1-7H3/b24-11+,29-27+. The predicted molar refractivity (Wildman–Crippen MR) is 229 cm³/mol. The van der Waals surface area contributed by atoms with Gasteiger partial charge in [0.25, 0.3) is 0 Å². The molecule has 3 aromatic carbocycles. The summed E-state index contributed by atoms with van der Waals surface area (Å²) in [6, 6.07) is 18.8. The van der Waals surface area contributed by atoms with Gasteiger partial charge in [0.15, 0.2) is 0 Å². The number of hydrogen-bond donors (Lipinski definition) is 0. The molecule has 0 radical (unpaired) electrons. The van der Waals surface area contributed by atoms with Crippen molar-refractivity contribution in [3.05, 3.63) is 88.0 Å². The van der Waals surface area contributed by atoms with Crippen molar-refractivity contribution in [2.75, 3.05) is 13.7 Å². The van der Waals surface area contributed by atoms with Gasteiger partial charge >= 0.3 is 0 Å². The fourth-order valence-corrected chi connectivity index (χ4v) is 8.43. The fraction of sp³-hybridized carbons (Fsp3) is 0.560. The van der Waals surface area contributed by atoms with E-state index in [-0.39, 0.29) is 5.41 Å². The van der Waals surface area contributed by atoms with Crippen LogP contribution in [0.2, 0.25) is 0 Å². The number of fused-ring (bicyclic) bond motifs is 3. The van der Waals surface area contributed by atoms with E-state index in [0.717, 1.165) is 35.7 Å². The van der Waals surface area contributed by atoms with Crippen molar-refractivity contribution in [1.29, 1.82) is 0 Å². The van der Waals surface area contributed by atoms with Gasteiger partial charge in [-0.3, -0.25) is 0 Å². The molecule has 0 aromatic heterocycles. The molecule has 2 nitrogen and oxygen atoms in total. The minimum Gasteiger partial charge on any atom is -0.496 e. The van der Waals surface area contributed by atoms with Gasteiger partial charge in [-0.25, -0.2) is 0 Å². The van der Waals surface area contributed by atoms with E-state index >= 15 is 0 Å². The van der Waals surface area contributed by atoms with Crippen molar-refractivity contribution < 1.29 is 9.47 Å². The van der Waals surface area contributed by atoms with E-state index in [9.17, 15) is 0 Å². The summed E-state index contributed by atoms with van der Waals surface area (Å²) in [7, 11) is 1.78. The Bertz CT molecular complexity index is 1540. The third-order valence-corrected chi connectivity index (χ3v) is 11.6. The van der Waals surface area contributed by atoms with Crippen LogP contribution in [-0.2, 0) is 5.41 Å². The van der Waals surface area contributed by atoms with E-state index in [0.29, 0.717) is 5.92 Å². The number of rotatable bonds is 25. The lowest BCUT2D eigenvalue weighted by molar-refractivity contribution is 0.232. The maximum absolute atomic E-state index is 6.56. The number of aryl methyl sites for hydroxylation is 1. The van der Waals surface area contributed by atoms with Gasteiger partial charge < -0.3 is 9.47 Å². The highest BCUT2D eigenvalue weighted by Crippen LogP contribution is 2.55. The van der Waals surface area contributed by atoms with Crippen molar-refractivity contribution in [3.8, 4) is 22.6 Å². The number of unbranched alkanes of at least 4 members (excludes halogenated alkanes) is 11. The quantitative estimate of drug-likeness (QED) is 0.0646. The molecule has 1 unspecified atom stereocenters. The van der Waals surface area contributed by atoms with Crippen LogP contribution in [-0.4, -0.2) is 13.7 Å². The Morgan fingerprint density at radius 1 is 0.615 bits per heavy atom. The lowest BCUT2D eigenvalue weighted by Gasteiger charge is -2.33. The Labute approximate surface area is 319 Å². The minimum atomic E-state index is 0.0798. The molecule has 0 spiro atoms. The van der Waals surface area contributed by atoms with E-state index < -0.39 is 0 Å². The van der Waals surface area contributed by atoms with Crippen LogP contribution >= 0.6 is 0 Å². The number of benzene rings is 3. The van der Waals surface area contributed by atoms with Crippen LogP contribution in [0.5, 0.6) is 11.5 Å². The Morgan fingerprint density at radius 3 is 1.81 bits per heavy atom. The van der Waals surface area contributed by atoms with Crippen LogP contribution in [0.1, 0.15) is 184 Å². The zero-order valence-electron chi connectivity index (χ0n) is 34.3. The van der Waals surface area contributed by atoms with Gasteiger partial charge in [-0.15, -0.1) is 0 Å². The van der Waals surface area contributed by atoms with Crippen LogP contribution in [0.25, 0.3) is 29.4 Å². The maximum Gasteiger partial charge on any atom is 0.127 e. The SMILES string of the molecule is C/C=C/c1cc(OC)c(/C=C/c2ccc3c(c2)C(CCCCCCCC)(CCCCCCCC)c2cc(C)ccc2-3)cc1OCC(CC)CCCC. The molecule has 0 saturated heterocycles. The van der Waals surface area contributed by atoms with E-state index in [1.54, 1.807) is 18.2 Å². The van der Waals surface area contributed by atoms with Gasteiger partial charge in [-0.2, -0.15) is 0 Å². The lowest BCUT2D eigenvalue weighted by Crippen LogP contribution is -2.25. The number of hydrogen-bond acceptors (Lipinski definition) is 2. The molecule has 0 bridgehead atoms. The number of methoxy groups -OCH3 is 1. The average molecular weight is 705 g/mol. The fourth-order valence-electron chi connectivity index (χ4n) is 8.43. The van der Waals surface area contributed by atoms with Gasteiger partial charge in [0, 0.05) is 16.5 Å². The molecule has 0 saturated carbocycles. The molecule has 1 aliphatic rings. The van der Waals surface area contributed by atoms with Gasteiger partial charge in [0.1, 0.15) is 11.5 Å². The summed E-state index contributed by atoms with van der Waals surface area (Å²) < 4.78 is 12.5. The van der Waals surface area contributed by atoms with Crippen molar-refractivity contribution in [2.45, 2.75) is 163 Å². The third kappa shape index (κ3) is 11.1. The number of ether oxygens (including phenoxy) is 2. The molecule has 0 amide bonds. The summed E-state index contributed by atoms with van der Waals surface area (Å²) in [4.78, 5) is 0. The highest BCUT2D eigenvalue weighted by Gasteiger charge is 2.42.